The van der Waals surface area contributed by atoms with E-state index < -0.39 is 99.2 Å². The van der Waals surface area contributed by atoms with E-state index in [0.29, 0.717) is 5.75 Å². The summed E-state index contributed by atoms with van der Waals surface area (Å²) >= 11 is 0. The van der Waals surface area contributed by atoms with Crippen LogP contribution in [0.25, 0.3) is 6.08 Å². The quantitative estimate of drug-likeness (QED) is 0.0965. The number of aliphatic hydroxyl groups excluding tert-OH is 9. The van der Waals surface area contributed by atoms with E-state index in [1.807, 2.05) is 12.2 Å². The minimum atomic E-state index is -1.91. The van der Waals surface area contributed by atoms with Gasteiger partial charge in [0, 0.05) is 5.92 Å². The normalized spacial score (nSPS) is 38.2. The van der Waals surface area contributed by atoms with Gasteiger partial charge in [0.25, 0.3) is 0 Å². The predicted molar refractivity (Wildman–Crippen MR) is 170 cm³/mol. The molecule has 3 heterocycles. The van der Waals surface area contributed by atoms with Gasteiger partial charge in [0.05, 0.1) is 26.4 Å². The van der Waals surface area contributed by atoms with Crippen molar-refractivity contribution in [1.29, 1.82) is 0 Å². The molecule has 276 valence electrons. The van der Waals surface area contributed by atoms with E-state index in [1.165, 1.54) is 0 Å². The first kappa shape index (κ1) is 38.2. The third kappa shape index (κ3) is 8.36. The Morgan fingerprint density at radius 2 is 1.28 bits per heavy atom. The van der Waals surface area contributed by atoms with E-state index in [-0.39, 0.29) is 18.3 Å². The number of allylic oxidation sites excluding steroid dienone is 2. The summed E-state index contributed by atoms with van der Waals surface area (Å²) in [5, 5.41) is 101. The molecule has 16 nitrogen and oxygen atoms in total. The van der Waals surface area contributed by atoms with E-state index in [0.717, 1.165) is 11.1 Å². The number of aliphatic hydroxyl groups is 10. The second kappa shape index (κ2) is 16.5. The lowest BCUT2D eigenvalue weighted by atomic mass is 9.97. The molecule has 3 fully saturated rings. The monoisotopic (exact) mass is 708 g/mol. The van der Waals surface area contributed by atoms with Crippen molar-refractivity contribution in [2.75, 3.05) is 26.4 Å². The molecule has 0 bridgehead atoms. The number of hydrogen-bond donors (Lipinski definition) is 10. The second-order valence-electron chi connectivity index (χ2n) is 12.4. The van der Waals surface area contributed by atoms with Crippen LogP contribution in [0.1, 0.15) is 17.0 Å². The molecule has 16 heteroatoms. The highest BCUT2D eigenvalue weighted by Gasteiger charge is 2.50. The molecule has 3 saturated heterocycles. The van der Waals surface area contributed by atoms with Crippen LogP contribution in [-0.4, -0.2) is 157 Å². The summed E-state index contributed by atoms with van der Waals surface area (Å²) < 4.78 is 33.1. The molecule has 10 N–H and O–H groups in total. The molecule has 0 radical (unpaired) electrons. The maximum Gasteiger partial charge on any atom is 0.229 e. The average Bonchev–Trinajstić information content (AvgIpc) is 3.42. The Hall–Kier alpha value is -3.04. The standard InChI is InChI=1S/C34H44O16/c1-2-18(6-3-17-4-9-20(10-5-17)47-31-28(41)26(39)24(37)22(13-35)49-31)19-7-11-21(12-8-19)48-32-29(42)27(40)25(38)23(50-32)14-45-33-30(43)34(44,15-36)16-46-33/h2-12,18,22-33,35-44H,1,13-16H2/b6-3+/t18?,22-,23-,24-,25-,26+,27+,28-,29-,30+,31-,32-,33-,34-/m1/s1. The summed E-state index contributed by atoms with van der Waals surface area (Å²) in [4.78, 5) is 0. The number of ether oxygens (including phenoxy) is 6. The number of rotatable bonds is 13. The van der Waals surface area contributed by atoms with Gasteiger partial charge in [-0.05, 0) is 35.4 Å². The Balaban J connectivity index is 1.15. The van der Waals surface area contributed by atoms with Crippen molar-refractivity contribution >= 4 is 6.08 Å². The van der Waals surface area contributed by atoms with Crippen molar-refractivity contribution in [1.82, 2.24) is 0 Å². The van der Waals surface area contributed by atoms with Gasteiger partial charge in [0.15, 0.2) is 6.29 Å². The van der Waals surface area contributed by atoms with Crippen LogP contribution < -0.4 is 9.47 Å². The summed E-state index contributed by atoms with van der Waals surface area (Å²) in [7, 11) is 0. The lowest BCUT2D eigenvalue weighted by Gasteiger charge is -2.40. The van der Waals surface area contributed by atoms with Crippen molar-refractivity contribution in [3.8, 4) is 11.5 Å². The van der Waals surface area contributed by atoms with Crippen LogP contribution in [-0.2, 0) is 18.9 Å². The fourth-order valence-corrected chi connectivity index (χ4v) is 5.68. The molecule has 14 atom stereocenters. The maximum absolute atomic E-state index is 10.5. The van der Waals surface area contributed by atoms with Crippen molar-refractivity contribution in [3.05, 3.63) is 78.4 Å². The summed E-state index contributed by atoms with van der Waals surface area (Å²) in [6.07, 6.45) is -11.8. The maximum atomic E-state index is 10.5. The fourth-order valence-electron chi connectivity index (χ4n) is 5.68. The molecule has 0 aliphatic carbocycles. The molecule has 0 spiro atoms. The summed E-state index contributed by atoms with van der Waals surface area (Å²) in [5.41, 5.74) is -0.261. The first-order chi connectivity index (χ1) is 23.9. The van der Waals surface area contributed by atoms with E-state index >= 15 is 0 Å². The van der Waals surface area contributed by atoms with E-state index in [4.69, 9.17) is 28.4 Å². The third-order valence-corrected chi connectivity index (χ3v) is 8.92. The van der Waals surface area contributed by atoms with Crippen LogP contribution in [0.2, 0.25) is 0 Å². The van der Waals surface area contributed by atoms with Crippen LogP contribution >= 0.6 is 0 Å². The van der Waals surface area contributed by atoms with Gasteiger partial charge in [-0.2, -0.15) is 0 Å². The van der Waals surface area contributed by atoms with Crippen molar-refractivity contribution in [2.24, 2.45) is 0 Å². The lowest BCUT2D eigenvalue weighted by Crippen LogP contribution is -2.60. The van der Waals surface area contributed by atoms with Crippen molar-refractivity contribution in [3.63, 3.8) is 0 Å². The minimum absolute atomic E-state index is 0.222. The van der Waals surface area contributed by atoms with Crippen LogP contribution in [0.5, 0.6) is 11.5 Å². The Morgan fingerprint density at radius 3 is 1.80 bits per heavy atom. The molecule has 5 rings (SSSR count). The Morgan fingerprint density at radius 1 is 0.740 bits per heavy atom. The van der Waals surface area contributed by atoms with Crippen LogP contribution in [0.15, 0.2) is 67.3 Å². The SMILES string of the molecule is C=CC(/C=C/c1ccc(O[C@@H]2O[C@H](CO)[C@@H](O)[C@H](O)[C@H]2O)cc1)c1ccc(O[C@@H]2O[C@H](CO[C@@H]3OC[C@](O)(CO)[C@H]3O)[C@@H](O)[C@H](O)[C@H]2O)cc1. The first-order valence-electron chi connectivity index (χ1n) is 16.0. The lowest BCUT2D eigenvalue weighted by molar-refractivity contribution is -0.289. The zero-order valence-corrected chi connectivity index (χ0v) is 26.8. The minimum Gasteiger partial charge on any atom is -0.462 e. The molecule has 0 saturated carbocycles. The highest BCUT2D eigenvalue weighted by Crippen LogP contribution is 2.30. The second-order valence-corrected chi connectivity index (χ2v) is 12.4. The molecule has 3 aliphatic heterocycles. The number of hydrogen-bond acceptors (Lipinski definition) is 16. The van der Waals surface area contributed by atoms with Crippen molar-refractivity contribution in [2.45, 2.75) is 85.3 Å². The van der Waals surface area contributed by atoms with Gasteiger partial charge in [-0.1, -0.05) is 42.5 Å². The zero-order chi connectivity index (χ0) is 36.2. The van der Waals surface area contributed by atoms with Crippen LogP contribution in [0.3, 0.4) is 0 Å². The Labute approximate surface area is 287 Å². The molecule has 50 heavy (non-hydrogen) atoms. The van der Waals surface area contributed by atoms with Gasteiger partial charge in [0.2, 0.25) is 12.6 Å². The van der Waals surface area contributed by atoms with Crippen LogP contribution in [0.4, 0.5) is 0 Å². The highest BCUT2D eigenvalue weighted by molar-refractivity contribution is 5.53. The van der Waals surface area contributed by atoms with Crippen LogP contribution in [0, 0.1) is 0 Å². The van der Waals surface area contributed by atoms with Gasteiger partial charge in [0.1, 0.15) is 72.0 Å². The van der Waals surface area contributed by atoms with E-state index in [9.17, 15) is 51.1 Å². The molecule has 0 amide bonds. The molecular weight excluding hydrogens is 664 g/mol. The molecule has 1 unspecified atom stereocenters. The molecular formula is C34H44O16. The summed E-state index contributed by atoms with van der Waals surface area (Å²) in [6.45, 7) is 1.79. The Kier molecular flexibility index (Phi) is 12.6. The smallest absolute Gasteiger partial charge is 0.229 e. The molecule has 0 aromatic heterocycles. The summed E-state index contributed by atoms with van der Waals surface area (Å²) in [5.74, 6) is 0.388. The highest BCUT2D eigenvalue weighted by atomic mass is 16.7. The van der Waals surface area contributed by atoms with Gasteiger partial charge in [-0.3, -0.25) is 0 Å². The van der Waals surface area contributed by atoms with Gasteiger partial charge < -0.3 is 79.5 Å². The number of benzene rings is 2. The van der Waals surface area contributed by atoms with Gasteiger partial charge >= 0.3 is 0 Å². The molecule has 2 aromatic carbocycles. The van der Waals surface area contributed by atoms with Gasteiger partial charge in [-0.15, -0.1) is 6.58 Å². The molecule has 2 aromatic rings. The largest absolute Gasteiger partial charge is 0.462 e. The average molecular weight is 709 g/mol. The molecule has 3 aliphatic rings. The van der Waals surface area contributed by atoms with E-state index in [1.54, 1.807) is 54.6 Å². The zero-order valence-electron chi connectivity index (χ0n) is 26.8. The van der Waals surface area contributed by atoms with Gasteiger partial charge in [-0.25, -0.2) is 0 Å². The predicted octanol–water partition coefficient (Wildman–Crippen LogP) is -2.51. The third-order valence-electron chi connectivity index (χ3n) is 8.92. The topological polar surface area (TPSA) is 258 Å². The van der Waals surface area contributed by atoms with Crippen molar-refractivity contribution < 1.29 is 79.5 Å². The summed E-state index contributed by atoms with van der Waals surface area (Å²) in [6, 6.07) is 13.6. The van der Waals surface area contributed by atoms with E-state index in [2.05, 4.69) is 6.58 Å². The fraction of sp³-hybridized carbons (Fsp3) is 0.529. The Bertz CT molecular complexity index is 1400. The first-order valence-corrected chi connectivity index (χ1v) is 16.0.